The van der Waals surface area contributed by atoms with E-state index in [0.29, 0.717) is 17.8 Å². The molecular formula is C17H14FN3O2. The Bertz CT molecular complexity index is 857. The van der Waals surface area contributed by atoms with Gasteiger partial charge in [0.15, 0.2) is 5.69 Å². The standard InChI is InChI=1S/C17H14FN3O2/c1-11-4-2-3-5-13(11)10-21-16(15(17(22)23)19-20-21)12-6-8-14(18)9-7-12/h2-9H,10H2,1H3,(H,22,23). The summed E-state index contributed by atoms with van der Waals surface area (Å²) >= 11 is 0. The van der Waals surface area contributed by atoms with Gasteiger partial charge in [-0.3, -0.25) is 0 Å². The summed E-state index contributed by atoms with van der Waals surface area (Å²) in [7, 11) is 0. The predicted molar refractivity (Wildman–Crippen MR) is 82.7 cm³/mol. The molecule has 0 radical (unpaired) electrons. The number of carboxylic acid groups (broad SMARTS) is 1. The molecule has 23 heavy (non-hydrogen) atoms. The molecule has 0 saturated carbocycles. The number of hydrogen-bond acceptors (Lipinski definition) is 3. The summed E-state index contributed by atoms with van der Waals surface area (Å²) < 4.78 is 14.7. The zero-order valence-electron chi connectivity index (χ0n) is 12.4. The highest BCUT2D eigenvalue weighted by molar-refractivity contribution is 5.92. The number of carbonyl (C=O) groups is 1. The molecule has 6 heteroatoms. The van der Waals surface area contributed by atoms with E-state index in [0.717, 1.165) is 11.1 Å². The van der Waals surface area contributed by atoms with E-state index < -0.39 is 5.97 Å². The molecular weight excluding hydrogens is 297 g/mol. The molecule has 1 aromatic heterocycles. The molecule has 2 aromatic carbocycles. The van der Waals surface area contributed by atoms with Gasteiger partial charge in [-0.2, -0.15) is 0 Å². The molecule has 0 spiro atoms. The number of benzene rings is 2. The molecule has 0 atom stereocenters. The van der Waals surface area contributed by atoms with Gasteiger partial charge >= 0.3 is 5.97 Å². The van der Waals surface area contributed by atoms with Crippen LogP contribution < -0.4 is 0 Å². The smallest absolute Gasteiger partial charge is 0.358 e. The van der Waals surface area contributed by atoms with Gasteiger partial charge in [0.25, 0.3) is 0 Å². The summed E-state index contributed by atoms with van der Waals surface area (Å²) in [4.78, 5) is 11.4. The van der Waals surface area contributed by atoms with Gasteiger partial charge in [-0.1, -0.05) is 29.5 Å². The molecule has 0 aliphatic rings. The number of rotatable bonds is 4. The highest BCUT2D eigenvalue weighted by Crippen LogP contribution is 2.24. The average molecular weight is 311 g/mol. The third kappa shape index (κ3) is 2.96. The second kappa shape index (κ2) is 6.00. The SMILES string of the molecule is Cc1ccccc1Cn1nnc(C(=O)O)c1-c1ccc(F)cc1. The maximum absolute atomic E-state index is 13.1. The number of carboxylic acids is 1. The maximum atomic E-state index is 13.1. The predicted octanol–water partition coefficient (Wildman–Crippen LogP) is 3.14. The molecule has 0 amide bonds. The zero-order valence-corrected chi connectivity index (χ0v) is 12.4. The molecule has 0 saturated heterocycles. The van der Waals surface area contributed by atoms with Crippen LogP contribution >= 0.6 is 0 Å². The largest absolute Gasteiger partial charge is 0.476 e. The van der Waals surface area contributed by atoms with Crippen molar-refractivity contribution in [3.63, 3.8) is 0 Å². The zero-order chi connectivity index (χ0) is 16.4. The number of hydrogen-bond donors (Lipinski definition) is 1. The van der Waals surface area contributed by atoms with Crippen molar-refractivity contribution < 1.29 is 14.3 Å². The number of aromatic nitrogens is 3. The normalized spacial score (nSPS) is 10.7. The lowest BCUT2D eigenvalue weighted by Crippen LogP contribution is -2.07. The Kier molecular flexibility index (Phi) is 3.89. The summed E-state index contributed by atoms with van der Waals surface area (Å²) in [6, 6.07) is 13.4. The van der Waals surface area contributed by atoms with Crippen molar-refractivity contribution in [3.8, 4) is 11.3 Å². The van der Waals surface area contributed by atoms with Crippen LogP contribution in [0.25, 0.3) is 11.3 Å². The van der Waals surface area contributed by atoms with Gasteiger partial charge in [0, 0.05) is 5.56 Å². The summed E-state index contributed by atoms with van der Waals surface area (Å²) in [6.45, 7) is 2.36. The Morgan fingerprint density at radius 2 is 1.87 bits per heavy atom. The van der Waals surface area contributed by atoms with Crippen LogP contribution in [-0.4, -0.2) is 26.1 Å². The van der Waals surface area contributed by atoms with E-state index in [2.05, 4.69) is 10.3 Å². The molecule has 0 bridgehead atoms. The van der Waals surface area contributed by atoms with Crippen molar-refractivity contribution in [1.29, 1.82) is 0 Å². The van der Waals surface area contributed by atoms with E-state index in [4.69, 9.17) is 0 Å². The topological polar surface area (TPSA) is 68.0 Å². The minimum absolute atomic E-state index is 0.148. The fourth-order valence-corrected chi connectivity index (χ4v) is 2.41. The Morgan fingerprint density at radius 3 is 2.52 bits per heavy atom. The van der Waals surface area contributed by atoms with Crippen LogP contribution in [0.15, 0.2) is 48.5 Å². The van der Waals surface area contributed by atoms with Crippen LogP contribution in [0.4, 0.5) is 4.39 Å². The van der Waals surface area contributed by atoms with E-state index >= 15 is 0 Å². The molecule has 116 valence electrons. The first-order chi connectivity index (χ1) is 11.1. The van der Waals surface area contributed by atoms with Crippen molar-refractivity contribution in [2.45, 2.75) is 13.5 Å². The van der Waals surface area contributed by atoms with E-state index in [-0.39, 0.29) is 11.5 Å². The number of nitrogens with zero attached hydrogens (tertiary/aromatic N) is 3. The van der Waals surface area contributed by atoms with Crippen molar-refractivity contribution in [1.82, 2.24) is 15.0 Å². The third-order valence-electron chi connectivity index (χ3n) is 3.64. The molecule has 1 N–H and O–H groups in total. The van der Waals surface area contributed by atoms with Gasteiger partial charge in [0.05, 0.1) is 6.54 Å². The maximum Gasteiger partial charge on any atom is 0.358 e. The van der Waals surface area contributed by atoms with Gasteiger partial charge in [-0.15, -0.1) is 5.10 Å². The van der Waals surface area contributed by atoms with Crippen LogP contribution in [0.3, 0.4) is 0 Å². The Hall–Kier alpha value is -3.02. The van der Waals surface area contributed by atoms with Gasteiger partial charge in [-0.25, -0.2) is 13.9 Å². The summed E-state index contributed by atoms with van der Waals surface area (Å²) in [6.07, 6.45) is 0. The lowest BCUT2D eigenvalue weighted by molar-refractivity contribution is 0.0691. The number of aromatic carboxylic acids is 1. The monoisotopic (exact) mass is 311 g/mol. The Morgan fingerprint density at radius 1 is 1.17 bits per heavy atom. The Balaban J connectivity index is 2.09. The van der Waals surface area contributed by atoms with Gasteiger partial charge in [-0.05, 0) is 42.3 Å². The fourth-order valence-electron chi connectivity index (χ4n) is 2.41. The highest BCUT2D eigenvalue weighted by Gasteiger charge is 2.21. The Labute approximate surface area is 132 Å². The minimum atomic E-state index is -1.17. The quantitative estimate of drug-likeness (QED) is 0.803. The molecule has 3 rings (SSSR count). The molecule has 0 unspecified atom stereocenters. The molecule has 3 aromatic rings. The first-order valence-corrected chi connectivity index (χ1v) is 7.03. The van der Waals surface area contributed by atoms with Crippen molar-refractivity contribution in [3.05, 3.63) is 71.2 Å². The fraction of sp³-hybridized carbons (Fsp3) is 0.118. The summed E-state index contributed by atoms with van der Waals surface area (Å²) in [5.41, 5.74) is 2.86. The van der Waals surface area contributed by atoms with Crippen LogP contribution in [-0.2, 0) is 6.54 Å². The van der Waals surface area contributed by atoms with Crippen LogP contribution in [0.5, 0.6) is 0 Å². The van der Waals surface area contributed by atoms with Gasteiger partial charge in [0.1, 0.15) is 11.5 Å². The van der Waals surface area contributed by atoms with Crippen molar-refractivity contribution in [2.75, 3.05) is 0 Å². The first kappa shape index (κ1) is 14.9. The van der Waals surface area contributed by atoms with Gasteiger partial charge in [0.2, 0.25) is 0 Å². The lowest BCUT2D eigenvalue weighted by Gasteiger charge is -2.09. The molecule has 5 nitrogen and oxygen atoms in total. The van der Waals surface area contributed by atoms with Crippen LogP contribution in [0, 0.1) is 12.7 Å². The highest BCUT2D eigenvalue weighted by atomic mass is 19.1. The van der Waals surface area contributed by atoms with E-state index in [1.54, 1.807) is 0 Å². The molecule has 0 fully saturated rings. The molecule has 1 heterocycles. The summed E-state index contributed by atoms with van der Waals surface area (Å²) in [5, 5.41) is 17.1. The second-order valence-corrected chi connectivity index (χ2v) is 5.18. The lowest BCUT2D eigenvalue weighted by atomic mass is 10.1. The van der Waals surface area contributed by atoms with Crippen LogP contribution in [0.2, 0.25) is 0 Å². The third-order valence-corrected chi connectivity index (χ3v) is 3.64. The van der Waals surface area contributed by atoms with Crippen molar-refractivity contribution >= 4 is 5.97 Å². The van der Waals surface area contributed by atoms with E-state index in [9.17, 15) is 14.3 Å². The first-order valence-electron chi connectivity index (χ1n) is 7.03. The number of halogens is 1. The van der Waals surface area contributed by atoms with Gasteiger partial charge < -0.3 is 5.11 Å². The number of aryl methyl sites for hydroxylation is 1. The average Bonchev–Trinajstić information content (AvgIpc) is 2.94. The van der Waals surface area contributed by atoms with E-state index in [1.807, 2.05) is 31.2 Å². The minimum Gasteiger partial charge on any atom is -0.476 e. The summed E-state index contributed by atoms with van der Waals surface area (Å²) in [5.74, 6) is -1.55. The second-order valence-electron chi connectivity index (χ2n) is 5.18. The van der Waals surface area contributed by atoms with E-state index in [1.165, 1.54) is 28.9 Å². The van der Waals surface area contributed by atoms with Crippen LogP contribution in [0.1, 0.15) is 21.6 Å². The molecule has 0 aliphatic heterocycles. The van der Waals surface area contributed by atoms with Crippen molar-refractivity contribution in [2.24, 2.45) is 0 Å². The molecule has 0 aliphatic carbocycles.